The predicted molar refractivity (Wildman–Crippen MR) is 91.3 cm³/mol. The van der Waals surface area contributed by atoms with Crippen LogP contribution in [-0.4, -0.2) is 54.3 Å². The molecule has 0 bridgehead atoms. The molecular weight excluding hydrogens is 326 g/mol. The standard InChI is InChI=1S/C17H23N3O3S/c1-3-17-18-15-9-14(6-7-16(15)23-17)24(21,22)20-11-13-5-4-8-19(13)10-12(20)2/h6-7,9,12-13H,3-5,8,10-11H2,1-2H3/t12-,13-/m0/s1. The molecule has 7 heteroatoms. The molecule has 2 aromatic rings. The molecule has 1 aromatic carbocycles. The van der Waals surface area contributed by atoms with Crippen molar-refractivity contribution in [1.29, 1.82) is 0 Å². The Kier molecular flexibility index (Phi) is 3.89. The van der Waals surface area contributed by atoms with Crippen LogP contribution in [0.5, 0.6) is 0 Å². The molecule has 0 N–H and O–H groups in total. The van der Waals surface area contributed by atoms with Gasteiger partial charge in [-0.25, -0.2) is 13.4 Å². The van der Waals surface area contributed by atoms with Crippen LogP contribution < -0.4 is 0 Å². The quantitative estimate of drug-likeness (QED) is 0.850. The number of oxazole rings is 1. The Balaban J connectivity index is 1.68. The molecule has 24 heavy (non-hydrogen) atoms. The van der Waals surface area contributed by atoms with E-state index in [1.165, 1.54) is 0 Å². The highest BCUT2D eigenvalue weighted by Crippen LogP contribution is 2.30. The first-order valence-electron chi connectivity index (χ1n) is 8.64. The van der Waals surface area contributed by atoms with Crippen molar-refractivity contribution in [3.8, 4) is 0 Å². The summed E-state index contributed by atoms with van der Waals surface area (Å²) in [5, 5.41) is 0. The predicted octanol–water partition coefficient (Wildman–Crippen LogP) is 2.25. The first kappa shape index (κ1) is 16.1. The Labute approximate surface area is 142 Å². The molecule has 130 valence electrons. The summed E-state index contributed by atoms with van der Waals surface area (Å²) in [5.41, 5.74) is 1.25. The molecule has 6 nitrogen and oxygen atoms in total. The van der Waals surface area contributed by atoms with Crippen molar-refractivity contribution in [2.45, 2.75) is 50.1 Å². The summed E-state index contributed by atoms with van der Waals surface area (Å²) in [6.07, 6.45) is 2.94. The van der Waals surface area contributed by atoms with Gasteiger partial charge in [-0.15, -0.1) is 0 Å². The van der Waals surface area contributed by atoms with Gasteiger partial charge in [-0.1, -0.05) is 6.92 Å². The van der Waals surface area contributed by atoms with E-state index in [2.05, 4.69) is 9.88 Å². The minimum atomic E-state index is -3.51. The minimum absolute atomic E-state index is 0.0106. The molecule has 2 saturated heterocycles. The molecule has 0 amide bonds. The van der Waals surface area contributed by atoms with Crippen molar-refractivity contribution in [3.05, 3.63) is 24.1 Å². The van der Waals surface area contributed by atoms with Crippen LogP contribution in [0.25, 0.3) is 11.1 Å². The molecular formula is C17H23N3O3S. The van der Waals surface area contributed by atoms with E-state index in [0.717, 1.165) is 25.9 Å². The number of rotatable bonds is 3. The second-order valence-corrected chi connectivity index (χ2v) is 8.70. The number of aromatic nitrogens is 1. The van der Waals surface area contributed by atoms with Crippen LogP contribution in [0.15, 0.2) is 27.5 Å². The highest BCUT2D eigenvalue weighted by Gasteiger charge is 2.40. The average Bonchev–Trinajstić information content (AvgIpc) is 3.18. The first-order chi connectivity index (χ1) is 11.5. The fourth-order valence-corrected chi connectivity index (χ4v) is 5.58. The first-order valence-corrected chi connectivity index (χ1v) is 10.1. The number of benzene rings is 1. The van der Waals surface area contributed by atoms with E-state index >= 15 is 0 Å². The number of fused-ring (bicyclic) bond motifs is 2. The van der Waals surface area contributed by atoms with Crippen molar-refractivity contribution in [2.75, 3.05) is 19.6 Å². The summed E-state index contributed by atoms with van der Waals surface area (Å²) in [7, 11) is -3.51. The van der Waals surface area contributed by atoms with Gasteiger partial charge >= 0.3 is 0 Å². The SMILES string of the molecule is CCc1nc2cc(S(=O)(=O)N3C[C@@H]4CCCN4C[C@@H]3C)ccc2o1. The second-order valence-electron chi connectivity index (χ2n) is 6.81. The zero-order chi connectivity index (χ0) is 16.9. The summed E-state index contributed by atoms with van der Waals surface area (Å²) in [4.78, 5) is 7.10. The van der Waals surface area contributed by atoms with E-state index in [0.29, 0.717) is 40.9 Å². The van der Waals surface area contributed by atoms with E-state index in [-0.39, 0.29) is 6.04 Å². The molecule has 2 atom stereocenters. The number of hydrogen-bond donors (Lipinski definition) is 0. The molecule has 2 aliphatic heterocycles. The van der Waals surface area contributed by atoms with Gasteiger partial charge in [0, 0.05) is 31.6 Å². The smallest absolute Gasteiger partial charge is 0.243 e. The number of aryl methyl sites for hydroxylation is 1. The van der Waals surface area contributed by atoms with Crippen LogP contribution >= 0.6 is 0 Å². The third-order valence-corrected chi connectivity index (χ3v) is 7.17. The van der Waals surface area contributed by atoms with E-state index < -0.39 is 10.0 Å². The van der Waals surface area contributed by atoms with Crippen LogP contribution in [0.3, 0.4) is 0 Å². The van der Waals surface area contributed by atoms with Gasteiger partial charge in [0.15, 0.2) is 11.5 Å². The Morgan fingerprint density at radius 3 is 2.96 bits per heavy atom. The molecule has 0 spiro atoms. The summed E-state index contributed by atoms with van der Waals surface area (Å²) in [5.74, 6) is 0.632. The van der Waals surface area contributed by atoms with E-state index in [9.17, 15) is 8.42 Å². The molecule has 4 rings (SSSR count). The summed E-state index contributed by atoms with van der Waals surface area (Å²) in [6.45, 7) is 6.45. The van der Waals surface area contributed by atoms with Gasteiger partial charge in [0.05, 0.1) is 4.90 Å². The highest BCUT2D eigenvalue weighted by molar-refractivity contribution is 7.89. The second kappa shape index (κ2) is 5.82. The van der Waals surface area contributed by atoms with Gasteiger partial charge in [0.2, 0.25) is 10.0 Å². The number of nitrogens with zero attached hydrogens (tertiary/aromatic N) is 3. The Hall–Kier alpha value is -1.44. The molecule has 2 fully saturated rings. The molecule has 0 aliphatic carbocycles. The van der Waals surface area contributed by atoms with Crippen LogP contribution in [0.1, 0.15) is 32.6 Å². The maximum atomic E-state index is 13.2. The molecule has 2 aliphatic rings. The maximum Gasteiger partial charge on any atom is 0.243 e. The highest BCUT2D eigenvalue weighted by atomic mass is 32.2. The minimum Gasteiger partial charge on any atom is -0.441 e. The van der Waals surface area contributed by atoms with Gasteiger partial charge in [0.25, 0.3) is 0 Å². The Morgan fingerprint density at radius 1 is 1.33 bits per heavy atom. The average molecular weight is 349 g/mol. The zero-order valence-corrected chi connectivity index (χ0v) is 14.9. The van der Waals surface area contributed by atoms with Crippen molar-refractivity contribution < 1.29 is 12.8 Å². The fourth-order valence-electron chi connectivity index (χ4n) is 3.90. The summed E-state index contributed by atoms with van der Waals surface area (Å²) < 4.78 is 33.6. The maximum absolute atomic E-state index is 13.2. The molecule has 0 saturated carbocycles. The van der Waals surface area contributed by atoms with Gasteiger partial charge in [-0.2, -0.15) is 4.31 Å². The fraction of sp³-hybridized carbons (Fsp3) is 0.588. The van der Waals surface area contributed by atoms with Crippen LogP contribution in [0, 0.1) is 0 Å². The number of piperazine rings is 1. The summed E-state index contributed by atoms with van der Waals surface area (Å²) >= 11 is 0. The van der Waals surface area contributed by atoms with E-state index in [1.807, 2.05) is 13.8 Å². The molecule has 3 heterocycles. The lowest BCUT2D eigenvalue weighted by molar-refractivity contribution is 0.117. The lowest BCUT2D eigenvalue weighted by atomic mass is 10.1. The van der Waals surface area contributed by atoms with E-state index in [4.69, 9.17) is 4.42 Å². The number of hydrogen-bond acceptors (Lipinski definition) is 5. The van der Waals surface area contributed by atoms with Crippen LogP contribution in [-0.2, 0) is 16.4 Å². The van der Waals surface area contributed by atoms with Gasteiger partial charge in [-0.3, -0.25) is 4.90 Å². The molecule has 0 unspecified atom stereocenters. The molecule has 1 aromatic heterocycles. The molecule has 0 radical (unpaired) electrons. The Bertz CT molecular complexity index is 861. The number of sulfonamides is 1. The lowest BCUT2D eigenvalue weighted by Gasteiger charge is -2.41. The van der Waals surface area contributed by atoms with E-state index in [1.54, 1.807) is 22.5 Å². The Morgan fingerprint density at radius 2 is 2.17 bits per heavy atom. The van der Waals surface area contributed by atoms with Crippen molar-refractivity contribution in [3.63, 3.8) is 0 Å². The largest absolute Gasteiger partial charge is 0.441 e. The normalized spacial score (nSPS) is 26.1. The van der Waals surface area contributed by atoms with Crippen LogP contribution in [0.2, 0.25) is 0 Å². The van der Waals surface area contributed by atoms with Crippen molar-refractivity contribution >= 4 is 21.1 Å². The van der Waals surface area contributed by atoms with Gasteiger partial charge in [0.1, 0.15) is 5.52 Å². The monoisotopic (exact) mass is 349 g/mol. The third-order valence-electron chi connectivity index (χ3n) is 5.19. The summed E-state index contributed by atoms with van der Waals surface area (Å²) in [6, 6.07) is 5.34. The van der Waals surface area contributed by atoms with Gasteiger partial charge in [-0.05, 0) is 44.5 Å². The third kappa shape index (κ3) is 2.55. The zero-order valence-electron chi connectivity index (χ0n) is 14.1. The van der Waals surface area contributed by atoms with Crippen LogP contribution in [0.4, 0.5) is 0 Å². The topological polar surface area (TPSA) is 66.7 Å². The van der Waals surface area contributed by atoms with Gasteiger partial charge < -0.3 is 4.42 Å². The van der Waals surface area contributed by atoms with Crippen molar-refractivity contribution in [2.24, 2.45) is 0 Å². The van der Waals surface area contributed by atoms with Crippen molar-refractivity contribution in [1.82, 2.24) is 14.2 Å². The lowest BCUT2D eigenvalue weighted by Crippen LogP contribution is -2.56.